The van der Waals surface area contributed by atoms with E-state index in [0.29, 0.717) is 16.8 Å². The van der Waals surface area contributed by atoms with Crippen LogP contribution in [0.15, 0.2) is 66.2 Å². The summed E-state index contributed by atoms with van der Waals surface area (Å²) >= 11 is 6.40. The quantitative estimate of drug-likeness (QED) is 0.383. The van der Waals surface area contributed by atoms with Crippen molar-refractivity contribution < 1.29 is 28.2 Å². The van der Waals surface area contributed by atoms with Crippen molar-refractivity contribution in [3.8, 4) is 11.5 Å². The molecule has 4 rings (SSSR count). The number of carbonyl (C=O) groups is 3. The van der Waals surface area contributed by atoms with Gasteiger partial charge in [-0.1, -0.05) is 41.9 Å². The van der Waals surface area contributed by atoms with Gasteiger partial charge in [0.2, 0.25) is 0 Å². The number of nitrogens with zero attached hydrogens (tertiary/aromatic N) is 1. The molecule has 35 heavy (non-hydrogen) atoms. The van der Waals surface area contributed by atoms with Crippen molar-refractivity contribution in [2.75, 3.05) is 12.0 Å². The minimum absolute atomic E-state index is 0.0857. The standard InChI is InChI=1S/C26H20ClFN2O5/c1-15-6-5-8-18(10-15)30-25(32)19(24(31)29-26(30)33)11-16-12-20(27)23(22(13-16)34-2)35-14-17-7-3-4-9-21(17)28/h3-13H,14H2,1-2H3,(H,29,31,33)/b19-11+. The van der Waals surface area contributed by atoms with Crippen LogP contribution in [0.4, 0.5) is 14.9 Å². The van der Waals surface area contributed by atoms with E-state index in [1.807, 2.05) is 13.0 Å². The molecule has 0 saturated carbocycles. The van der Waals surface area contributed by atoms with Gasteiger partial charge in [-0.2, -0.15) is 0 Å². The molecule has 3 aromatic rings. The second-order valence-corrected chi connectivity index (χ2v) is 8.12. The van der Waals surface area contributed by atoms with Crippen molar-refractivity contribution in [3.05, 3.63) is 93.8 Å². The van der Waals surface area contributed by atoms with Gasteiger partial charge in [-0.05, 0) is 54.5 Å². The van der Waals surface area contributed by atoms with Gasteiger partial charge >= 0.3 is 6.03 Å². The molecule has 0 bridgehead atoms. The number of rotatable bonds is 6. The van der Waals surface area contributed by atoms with E-state index in [1.54, 1.807) is 36.4 Å². The molecule has 1 aliphatic rings. The highest BCUT2D eigenvalue weighted by molar-refractivity contribution is 6.39. The predicted octanol–water partition coefficient (Wildman–Crippen LogP) is 5.04. The number of halogens is 2. The summed E-state index contributed by atoms with van der Waals surface area (Å²) in [7, 11) is 1.40. The van der Waals surface area contributed by atoms with E-state index < -0.39 is 23.7 Å². The number of ether oxygens (including phenoxy) is 2. The second kappa shape index (κ2) is 9.99. The number of amides is 4. The lowest BCUT2D eigenvalue weighted by molar-refractivity contribution is -0.122. The molecule has 3 aromatic carbocycles. The highest BCUT2D eigenvalue weighted by atomic mass is 35.5. The Morgan fingerprint density at radius 1 is 1.06 bits per heavy atom. The molecule has 1 aliphatic heterocycles. The number of hydrogen-bond acceptors (Lipinski definition) is 5. The summed E-state index contributed by atoms with van der Waals surface area (Å²) in [6.07, 6.45) is 1.31. The molecular formula is C26H20ClFN2O5. The lowest BCUT2D eigenvalue weighted by atomic mass is 10.1. The summed E-state index contributed by atoms with van der Waals surface area (Å²) in [5.41, 5.74) is 1.61. The average molecular weight is 495 g/mol. The lowest BCUT2D eigenvalue weighted by Gasteiger charge is -2.26. The van der Waals surface area contributed by atoms with Gasteiger partial charge in [0.1, 0.15) is 18.0 Å². The van der Waals surface area contributed by atoms with Crippen molar-refractivity contribution in [3.63, 3.8) is 0 Å². The molecule has 0 unspecified atom stereocenters. The summed E-state index contributed by atoms with van der Waals surface area (Å²) in [6.45, 7) is 1.74. The number of hydrogen-bond donors (Lipinski definition) is 1. The molecule has 0 atom stereocenters. The van der Waals surface area contributed by atoms with Crippen molar-refractivity contribution in [2.24, 2.45) is 0 Å². The first-order valence-corrected chi connectivity index (χ1v) is 10.9. The third-order valence-corrected chi connectivity index (χ3v) is 5.53. The topological polar surface area (TPSA) is 84.9 Å². The fourth-order valence-corrected chi connectivity index (χ4v) is 3.83. The van der Waals surface area contributed by atoms with E-state index in [-0.39, 0.29) is 28.7 Å². The van der Waals surface area contributed by atoms with Crippen LogP contribution in [-0.4, -0.2) is 25.0 Å². The number of anilines is 1. The molecule has 1 saturated heterocycles. The van der Waals surface area contributed by atoms with Gasteiger partial charge in [0.15, 0.2) is 11.5 Å². The van der Waals surface area contributed by atoms with Gasteiger partial charge in [-0.3, -0.25) is 14.9 Å². The molecule has 1 fully saturated rings. The number of imide groups is 2. The number of barbiturate groups is 1. The molecule has 0 radical (unpaired) electrons. The Labute approximate surface area is 205 Å². The van der Waals surface area contributed by atoms with E-state index in [4.69, 9.17) is 21.1 Å². The number of aryl methyl sites for hydroxylation is 1. The molecule has 4 amide bonds. The zero-order valence-corrected chi connectivity index (χ0v) is 19.6. The summed E-state index contributed by atoms with van der Waals surface area (Å²) in [6, 6.07) is 15.1. The van der Waals surface area contributed by atoms with Crippen LogP contribution in [0.3, 0.4) is 0 Å². The lowest BCUT2D eigenvalue weighted by Crippen LogP contribution is -2.54. The zero-order valence-electron chi connectivity index (χ0n) is 18.8. The fraction of sp³-hybridized carbons (Fsp3) is 0.115. The third-order valence-electron chi connectivity index (χ3n) is 5.25. The molecule has 1 heterocycles. The van der Waals surface area contributed by atoms with Gasteiger partial charge in [0.25, 0.3) is 11.8 Å². The summed E-state index contributed by atoms with van der Waals surface area (Å²) in [5, 5.41) is 2.31. The van der Waals surface area contributed by atoms with Gasteiger partial charge in [-0.25, -0.2) is 14.1 Å². The largest absolute Gasteiger partial charge is 0.493 e. The summed E-state index contributed by atoms with van der Waals surface area (Å²) < 4.78 is 25.0. The summed E-state index contributed by atoms with van der Waals surface area (Å²) in [5.74, 6) is -1.64. The first-order chi connectivity index (χ1) is 16.8. The number of urea groups is 1. The average Bonchev–Trinajstić information content (AvgIpc) is 2.81. The Morgan fingerprint density at radius 2 is 1.83 bits per heavy atom. The van der Waals surface area contributed by atoms with Crippen LogP contribution >= 0.6 is 11.6 Å². The Kier molecular flexibility index (Phi) is 6.84. The first kappa shape index (κ1) is 24.0. The van der Waals surface area contributed by atoms with Crippen LogP contribution in [0, 0.1) is 12.7 Å². The number of nitrogens with one attached hydrogen (secondary N) is 1. The van der Waals surface area contributed by atoms with E-state index >= 15 is 0 Å². The molecule has 1 N–H and O–H groups in total. The summed E-state index contributed by atoms with van der Waals surface area (Å²) in [4.78, 5) is 38.9. The zero-order chi connectivity index (χ0) is 25.1. The molecular weight excluding hydrogens is 475 g/mol. The van der Waals surface area contributed by atoms with Gasteiger partial charge in [-0.15, -0.1) is 0 Å². The molecule has 0 aromatic heterocycles. The monoisotopic (exact) mass is 494 g/mol. The molecule has 178 valence electrons. The molecule has 9 heteroatoms. The Balaban J connectivity index is 1.65. The fourth-order valence-electron chi connectivity index (χ4n) is 3.55. The molecule has 0 spiro atoms. The first-order valence-electron chi connectivity index (χ1n) is 10.5. The van der Waals surface area contributed by atoms with Crippen molar-refractivity contribution in [1.82, 2.24) is 5.32 Å². The van der Waals surface area contributed by atoms with E-state index in [9.17, 15) is 18.8 Å². The second-order valence-electron chi connectivity index (χ2n) is 7.71. The minimum Gasteiger partial charge on any atom is -0.493 e. The number of methoxy groups -OCH3 is 1. The van der Waals surface area contributed by atoms with Crippen LogP contribution in [-0.2, 0) is 16.2 Å². The van der Waals surface area contributed by atoms with Crippen molar-refractivity contribution in [2.45, 2.75) is 13.5 Å². The Morgan fingerprint density at radius 3 is 2.54 bits per heavy atom. The normalized spacial score (nSPS) is 14.8. The van der Waals surface area contributed by atoms with Crippen LogP contribution < -0.4 is 19.7 Å². The van der Waals surface area contributed by atoms with E-state index in [2.05, 4.69) is 5.32 Å². The molecule has 7 nitrogen and oxygen atoms in total. The Bertz CT molecular complexity index is 1370. The van der Waals surface area contributed by atoms with Gasteiger partial charge in [0.05, 0.1) is 17.8 Å². The van der Waals surface area contributed by atoms with Crippen LogP contribution in [0.5, 0.6) is 11.5 Å². The minimum atomic E-state index is -0.838. The highest BCUT2D eigenvalue weighted by Crippen LogP contribution is 2.38. The Hall–Kier alpha value is -4.17. The molecule has 0 aliphatic carbocycles. The van der Waals surface area contributed by atoms with Crippen LogP contribution in [0.25, 0.3) is 6.08 Å². The maximum absolute atomic E-state index is 13.9. The maximum atomic E-state index is 13.9. The smallest absolute Gasteiger partial charge is 0.335 e. The third kappa shape index (κ3) is 5.02. The highest BCUT2D eigenvalue weighted by Gasteiger charge is 2.37. The SMILES string of the molecule is COc1cc(/C=C2\C(=O)NC(=O)N(c3cccc(C)c3)C2=O)cc(Cl)c1OCc1ccccc1F. The van der Waals surface area contributed by atoms with Crippen molar-refractivity contribution >= 4 is 41.2 Å². The maximum Gasteiger partial charge on any atom is 0.335 e. The van der Waals surface area contributed by atoms with Crippen molar-refractivity contribution in [1.29, 1.82) is 0 Å². The number of benzene rings is 3. The van der Waals surface area contributed by atoms with Crippen LogP contribution in [0.2, 0.25) is 5.02 Å². The van der Waals surface area contributed by atoms with E-state index in [0.717, 1.165) is 10.5 Å². The predicted molar refractivity (Wildman–Crippen MR) is 129 cm³/mol. The van der Waals surface area contributed by atoms with Gasteiger partial charge in [0, 0.05) is 5.56 Å². The van der Waals surface area contributed by atoms with E-state index in [1.165, 1.54) is 31.4 Å². The van der Waals surface area contributed by atoms with Gasteiger partial charge < -0.3 is 9.47 Å². The number of carbonyl (C=O) groups excluding carboxylic acids is 3. The van der Waals surface area contributed by atoms with Crippen LogP contribution in [0.1, 0.15) is 16.7 Å².